The smallest absolute Gasteiger partial charge is 0.243 e. The quantitative estimate of drug-likeness (QED) is 0.714. The minimum absolute atomic E-state index is 0.0338. The molecule has 1 aromatic rings. The van der Waals surface area contributed by atoms with Crippen LogP contribution in [0.5, 0.6) is 0 Å². The van der Waals surface area contributed by atoms with Crippen LogP contribution in [0.1, 0.15) is 45.1 Å². The van der Waals surface area contributed by atoms with E-state index in [4.69, 9.17) is 0 Å². The summed E-state index contributed by atoms with van der Waals surface area (Å²) < 4.78 is 27.3. The van der Waals surface area contributed by atoms with Crippen molar-refractivity contribution in [2.24, 2.45) is 11.8 Å². The maximum Gasteiger partial charge on any atom is 0.243 e. The summed E-state index contributed by atoms with van der Waals surface area (Å²) in [4.78, 5) is 29.0. The Balaban J connectivity index is 1.50. The van der Waals surface area contributed by atoms with Crippen molar-refractivity contribution in [1.82, 2.24) is 9.21 Å². The molecule has 2 atom stereocenters. The van der Waals surface area contributed by atoms with Crippen LogP contribution in [0.4, 0.5) is 5.69 Å². The zero-order chi connectivity index (χ0) is 21.6. The first-order chi connectivity index (χ1) is 14.2. The molecule has 1 aromatic carbocycles. The summed E-state index contributed by atoms with van der Waals surface area (Å²) in [5, 5.41) is 0. The van der Waals surface area contributed by atoms with E-state index < -0.39 is 10.0 Å². The van der Waals surface area contributed by atoms with Crippen molar-refractivity contribution in [3.05, 3.63) is 23.8 Å². The van der Waals surface area contributed by atoms with Gasteiger partial charge in [-0.3, -0.25) is 9.59 Å². The van der Waals surface area contributed by atoms with Crippen LogP contribution in [0.25, 0.3) is 0 Å². The lowest BCUT2D eigenvalue weighted by Gasteiger charge is -2.32. The van der Waals surface area contributed by atoms with E-state index in [1.807, 2.05) is 11.8 Å². The first kappa shape index (κ1) is 21.3. The molecule has 0 N–H and O–H groups in total. The monoisotopic (exact) mass is 433 g/mol. The Labute approximate surface area is 179 Å². The van der Waals surface area contributed by atoms with Gasteiger partial charge in [-0.1, -0.05) is 6.92 Å². The first-order valence-electron chi connectivity index (χ1n) is 10.9. The van der Waals surface area contributed by atoms with Gasteiger partial charge in [-0.25, -0.2) is 8.42 Å². The molecule has 7 nitrogen and oxygen atoms in total. The maximum atomic E-state index is 13.1. The van der Waals surface area contributed by atoms with E-state index in [0.29, 0.717) is 25.4 Å². The van der Waals surface area contributed by atoms with Crippen molar-refractivity contribution in [2.75, 3.05) is 31.6 Å². The van der Waals surface area contributed by atoms with Gasteiger partial charge in [0.2, 0.25) is 21.8 Å². The number of benzene rings is 1. The van der Waals surface area contributed by atoms with Crippen LogP contribution in [-0.4, -0.2) is 62.2 Å². The molecule has 2 fully saturated rings. The van der Waals surface area contributed by atoms with Crippen molar-refractivity contribution in [1.29, 1.82) is 0 Å². The number of carbonyl (C=O) groups is 2. The average Bonchev–Trinajstić information content (AvgIpc) is 3.49. The van der Waals surface area contributed by atoms with Gasteiger partial charge in [0.15, 0.2) is 0 Å². The highest BCUT2D eigenvalue weighted by Crippen LogP contribution is 2.39. The largest absolute Gasteiger partial charge is 0.341 e. The molecule has 1 saturated carbocycles. The highest BCUT2D eigenvalue weighted by Gasteiger charge is 2.40. The highest BCUT2D eigenvalue weighted by atomic mass is 32.2. The Hall–Kier alpha value is -1.93. The zero-order valence-electron chi connectivity index (χ0n) is 18.0. The molecule has 2 aliphatic heterocycles. The number of piperidine rings is 1. The number of carbonyl (C=O) groups excluding carboxylic acids is 2. The molecule has 2 unspecified atom stereocenters. The molecule has 2 amide bonds. The van der Waals surface area contributed by atoms with Gasteiger partial charge >= 0.3 is 0 Å². The lowest BCUT2D eigenvalue weighted by molar-refractivity contribution is -0.132. The zero-order valence-corrected chi connectivity index (χ0v) is 18.8. The standard InChI is InChI=1S/C22H31N3O4S/c1-15-5-4-10-24(13-15)21(26)14-23(3)30(28,29)19-8-9-20-18(12-19)11-16(2)25(20)22(27)17-6-7-17/h8-9,12,15-17H,4-7,10-11,13-14H2,1-3H3. The number of anilines is 1. The first-order valence-corrected chi connectivity index (χ1v) is 12.3. The summed E-state index contributed by atoms with van der Waals surface area (Å²) in [6.07, 6.45) is 4.59. The van der Waals surface area contributed by atoms with Crippen LogP contribution in [0, 0.1) is 11.8 Å². The summed E-state index contributed by atoms with van der Waals surface area (Å²) in [5.41, 5.74) is 1.70. The van der Waals surface area contributed by atoms with Crippen molar-refractivity contribution in [3.63, 3.8) is 0 Å². The van der Waals surface area contributed by atoms with E-state index in [1.54, 1.807) is 23.1 Å². The van der Waals surface area contributed by atoms with Crippen LogP contribution < -0.4 is 4.90 Å². The Kier molecular flexibility index (Phi) is 5.66. The molecule has 0 aromatic heterocycles. The molecule has 0 spiro atoms. The molecule has 4 rings (SSSR count). The van der Waals surface area contributed by atoms with E-state index in [0.717, 1.165) is 41.2 Å². The molecule has 3 aliphatic rings. The lowest BCUT2D eigenvalue weighted by Crippen LogP contribution is -2.45. The van der Waals surface area contributed by atoms with Crippen LogP contribution >= 0.6 is 0 Å². The predicted molar refractivity (Wildman–Crippen MR) is 115 cm³/mol. The van der Waals surface area contributed by atoms with Gasteiger partial charge in [0, 0.05) is 37.8 Å². The summed E-state index contributed by atoms with van der Waals surface area (Å²) in [7, 11) is -2.33. The molecular formula is C22H31N3O4S. The fourth-order valence-corrected chi connectivity index (χ4v) is 5.77. The van der Waals surface area contributed by atoms with E-state index in [2.05, 4.69) is 6.92 Å². The number of likely N-dealkylation sites (N-methyl/N-ethyl adjacent to an activating group) is 1. The van der Waals surface area contributed by atoms with E-state index >= 15 is 0 Å². The van der Waals surface area contributed by atoms with Crippen LogP contribution in [0.15, 0.2) is 23.1 Å². The molecule has 164 valence electrons. The number of amides is 2. The molecule has 1 saturated heterocycles. The number of fused-ring (bicyclic) bond motifs is 1. The summed E-state index contributed by atoms with van der Waals surface area (Å²) in [5.74, 6) is 0.569. The van der Waals surface area contributed by atoms with Gasteiger partial charge in [-0.2, -0.15) is 4.31 Å². The van der Waals surface area contributed by atoms with Crippen molar-refractivity contribution < 1.29 is 18.0 Å². The summed E-state index contributed by atoms with van der Waals surface area (Å²) in [6.45, 7) is 5.34. The van der Waals surface area contributed by atoms with E-state index in [1.165, 1.54) is 7.05 Å². The minimum atomic E-state index is -3.78. The summed E-state index contributed by atoms with van der Waals surface area (Å²) >= 11 is 0. The molecule has 0 bridgehead atoms. The lowest BCUT2D eigenvalue weighted by atomic mass is 10.0. The van der Waals surface area contributed by atoms with Crippen LogP contribution in [0.2, 0.25) is 0 Å². The fraction of sp³-hybridized carbons (Fsp3) is 0.636. The van der Waals surface area contributed by atoms with Gasteiger partial charge in [0.1, 0.15) is 0 Å². The van der Waals surface area contributed by atoms with Crippen LogP contribution in [0.3, 0.4) is 0 Å². The van der Waals surface area contributed by atoms with Gasteiger partial charge in [-0.15, -0.1) is 0 Å². The SMILES string of the molecule is CC1CCCN(C(=O)CN(C)S(=O)(=O)c2ccc3c(c2)CC(C)N3C(=O)C2CC2)C1. The maximum absolute atomic E-state index is 13.1. The van der Waals surface area contributed by atoms with Gasteiger partial charge in [0.25, 0.3) is 0 Å². The second kappa shape index (κ2) is 7.96. The molecule has 0 radical (unpaired) electrons. The topological polar surface area (TPSA) is 78.0 Å². The van der Waals surface area contributed by atoms with Crippen molar-refractivity contribution in [2.45, 2.75) is 56.9 Å². The number of likely N-dealkylation sites (tertiary alicyclic amines) is 1. The second-order valence-corrected chi connectivity index (χ2v) is 11.2. The van der Waals surface area contributed by atoms with E-state index in [-0.39, 0.29) is 35.2 Å². The Morgan fingerprint density at radius 3 is 2.57 bits per heavy atom. The molecule has 2 heterocycles. The number of nitrogens with zero attached hydrogens (tertiary/aromatic N) is 3. The average molecular weight is 434 g/mol. The second-order valence-electron chi connectivity index (χ2n) is 9.17. The number of hydrogen-bond acceptors (Lipinski definition) is 4. The Morgan fingerprint density at radius 2 is 1.90 bits per heavy atom. The fourth-order valence-electron chi connectivity index (χ4n) is 4.60. The number of rotatable bonds is 5. The van der Waals surface area contributed by atoms with Gasteiger partial charge in [-0.05, 0) is 68.7 Å². The third kappa shape index (κ3) is 3.99. The predicted octanol–water partition coefficient (Wildman–Crippen LogP) is 2.25. The molecule has 8 heteroatoms. The normalized spacial score (nSPS) is 24.3. The van der Waals surface area contributed by atoms with Gasteiger partial charge in [0.05, 0.1) is 11.4 Å². The third-order valence-corrected chi connectivity index (χ3v) is 8.31. The van der Waals surface area contributed by atoms with Gasteiger partial charge < -0.3 is 9.80 Å². The molecule has 30 heavy (non-hydrogen) atoms. The summed E-state index contributed by atoms with van der Waals surface area (Å²) in [6, 6.07) is 5.01. The highest BCUT2D eigenvalue weighted by molar-refractivity contribution is 7.89. The Morgan fingerprint density at radius 1 is 1.17 bits per heavy atom. The minimum Gasteiger partial charge on any atom is -0.341 e. The van der Waals surface area contributed by atoms with Crippen molar-refractivity contribution in [3.8, 4) is 0 Å². The number of hydrogen-bond donors (Lipinski definition) is 0. The third-order valence-electron chi connectivity index (χ3n) is 6.51. The van der Waals surface area contributed by atoms with Crippen molar-refractivity contribution >= 4 is 27.5 Å². The Bertz CT molecular complexity index is 957. The molecule has 1 aliphatic carbocycles. The molecular weight excluding hydrogens is 402 g/mol. The van der Waals surface area contributed by atoms with Crippen LogP contribution in [-0.2, 0) is 26.0 Å². The van der Waals surface area contributed by atoms with E-state index in [9.17, 15) is 18.0 Å². The number of sulfonamides is 1.